The zero-order valence-corrected chi connectivity index (χ0v) is 14.6. The van der Waals surface area contributed by atoms with Crippen molar-refractivity contribution in [3.05, 3.63) is 52.7 Å². The van der Waals surface area contributed by atoms with E-state index in [2.05, 4.69) is 15.0 Å². The van der Waals surface area contributed by atoms with E-state index in [0.717, 1.165) is 11.0 Å². The molecule has 1 saturated heterocycles. The van der Waals surface area contributed by atoms with E-state index in [4.69, 9.17) is 0 Å². The molecular weight excluding hydrogens is 332 g/mol. The van der Waals surface area contributed by atoms with E-state index in [1.54, 1.807) is 13.3 Å². The Hall–Kier alpha value is -3.16. The molecule has 26 heavy (non-hydrogen) atoms. The summed E-state index contributed by atoms with van der Waals surface area (Å²) in [5, 5.41) is 0. The first-order valence-corrected chi connectivity index (χ1v) is 8.61. The third-order valence-corrected chi connectivity index (χ3v) is 4.62. The van der Waals surface area contributed by atoms with Crippen LogP contribution in [0.2, 0.25) is 0 Å². The van der Waals surface area contributed by atoms with Crippen molar-refractivity contribution in [1.82, 2.24) is 24.4 Å². The van der Waals surface area contributed by atoms with Gasteiger partial charge in [0.25, 0.3) is 5.56 Å². The van der Waals surface area contributed by atoms with Crippen LogP contribution >= 0.6 is 0 Å². The van der Waals surface area contributed by atoms with E-state index in [9.17, 15) is 9.59 Å². The van der Waals surface area contributed by atoms with Gasteiger partial charge in [0.1, 0.15) is 6.54 Å². The Labute approximate surface area is 150 Å². The van der Waals surface area contributed by atoms with Crippen molar-refractivity contribution < 1.29 is 4.79 Å². The summed E-state index contributed by atoms with van der Waals surface area (Å²) < 4.78 is 1.88. The highest BCUT2D eigenvalue weighted by Gasteiger charge is 2.23. The first kappa shape index (κ1) is 16.3. The fourth-order valence-corrected chi connectivity index (χ4v) is 3.26. The molecule has 1 amide bonds. The minimum atomic E-state index is -0.155. The number of aryl methyl sites for hydroxylation is 1. The number of aromatic nitrogens is 4. The van der Waals surface area contributed by atoms with Gasteiger partial charge in [-0.1, -0.05) is 12.1 Å². The minimum absolute atomic E-state index is 0.0681. The molecule has 0 radical (unpaired) electrons. The standard InChI is InChI=1S/C18H20N6O2/c1-13-10-16(25)21-18(20-13)23-8-6-22(7-9-23)17(26)11-24-12-19-14-4-2-3-5-15(14)24/h2-5,10,12H,6-9,11H2,1H3,(H,20,21,25). The molecule has 3 heterocycles. The molecule has 0 atom stereocenters. The second-order valence-electron chi connectivity index (χ2n) is 6.44. The zero-order valence-electron chi connectivity index (χ0n) is 14.6. The molecule has 0 unspecified atom stereocenters. The summed E-state index contributed by atoms with van der Waals surface area (Å²) in [7, 11) is 0. The summed E-state index contributed by atoms with van der Waals surface area (Å²) in [6.45, 7) is 4.56. The second-order valence-corrected chi connectivity index (χ2v) is 6.44. The van der Waals surface area contributed by atoms with E-state index in [1.807, 2.05) is 38.6 Å². The molecular formula is C18H20N6O2. The average molecular weight is 352 g/mol. The topological polar surface area (TPSA) is 87.1 Å². The Morgan fingerprint density at radius 3 is 2.73 bits per heavy atom. The van der Waals surface area contributed by atoms with Crippen LogP contribution in [0.15, 0.2) is 41.5 Å². The molecule has 8 nitrogen and oxygen atoms in total. The van der Waals surface area contributed by atoms with Crippen molar-refractivity contribution in [2.45, 2.75) is 13.5 Å². The molecule has 134 valence electrons. The van der Waals surface area contributed by atoms with Crippen molar-refractivity contribution >= 4 is 22.9 Å². The highest BCUT2D eigenvalue weighted by Crippen LogP contribution is 2.14. The molecule has 1 aliphatic rings. The Morgan fingerprint density at radius 2 is 1.96 bits per heavy atom. The van der Waals surface area contributed by atoms with Gasteiger partial charge in [-0.15, -0.1) is 0 Å². The Morgan fingerprint density at radius 1 is 1.19 bits per heavy atom. The van der Waals surface area contributed by atoms with Crippen LogP contribution in [0.3, 0.4) is 0 Å². The molecule has 1 N–H and O–H groups in total. The van der Waals surface area contributed by atoms with Gasteiger partial charge in [-0.25, -0.2) is 9.97 Å². The average Bonchev–Trinajstić information content (AvgIpc) is 3.04. The number of nitrogens with one attached hydrogen (secondary N) is 1. The van der Waals surface area contributed by atoms with E-state index in [1.165, 1.54) is 6.07 Å². The van der Waals surface area contributed by atoms with Gasteiger partial charge in [-0.3, -0.25) is 14.6 Å². The molecule has 0 bridgehead atoms. The largest absolute Gasteiger partial charge is 0.339 e. The molecule has 4 rings (SSSR count). The van der Waals surface area contributed by atoms with Gasteiger partial charge in [0.15, 0.2) is 0 Å². The first-order chi connectivity index (χ1) is 12.6. The van der Waals surface area contributed by atoms with Crippen LogP contribution in [-0.2, 0) is 11.3 Å². The summed E-state index contributed by atoms with van der Waals surface area (Å²) in [6, 6.07) is 9.25. The number of carbonyl (C=O) groups excluding carboxylic acids is 1. The number of piperazine rings is 1. The first-order valence-electron chi connectivity index (χ1n) is 8.61. The fourth-order valence-electron chi connectivity index (χ4n) is 3.26. The molecule has 3 aromatic rings. The summed E-state index contributed by atoms with van der Waals surface area (Å²) >= 11 is 0. The second kappa shape index (κ2) is 6.62. The van der Waals surface area contributed by atoms with Gasteiger partial charge < -0.3 is 14.4 Å². The number of hydrogen-bond donors (Lipinski definition) is 1. The van der Waals surface area contributed by atoms with E-state index >= 15 is 0 Å². The lowest BCUT2D eigenvalue weighted by molar-refractivity contribution is -0.132. The quantitative estimate of drug-likeness (QED) is 0.753. The predicted octanol–water partition coefficient (Wildman–Crippen LogP) is 0.777. The van der Waals surface area contributed by atoms with Crippen molar-refractivity contribution in [3.63, 3.8) is 0 Å². The number of para-hydroxylation sites is 2. The lowest BCUT2D eigenvalue weighted by Gasteiger charge is -2.35. The molecule has 0 aliphatic carbocycles. The van der Waals surface area contributed by atoms with Crippen LogP contribution in [0.4, 0.5) is 5.95 Å². The summed E-state index contributed by atoms with van der Waals surface area (Å²) in [5.41, 5.74) is 2.38. The summed E-state index contributed by atoms with van der Waals surface area (Å²) in [6.07, 6.45) is 1.71. The molecule has 2 aromatic heterocycles. The number of anilines is 1. The molecule has 1 aliphatic heterocycles. The minimum Gasteiger partial charge on any atom is -0.339 e. The van der Waals surface area contributed by atoms with Crippen molar-refractivity contribution in [3.8, 4) is 0 Å². The van der Waals surface area contributed by atoms with Crippen LogP contribution in [-0.4, -0.2) is 56.5 Å². The lowest BCUT2D eigenvalue weighted by atomic mass is 10.3. The summed E-state index contributed by atoms with van der Waals surface area (Å²) in [4.78, 5) is 39.6. The van der Waals surface area contributed by atoms with Gasteiger partial charge in [0, 0.05) is 37.9 Å². The maximum absolute atomic E-state index is 12.6. The van der Waals surface area contributed by atoms with Gasteiger partial charge in [0.2, 0.25) is 11.9 Å². The van der Waals surface area contributed by atoms with Crippen LogP contribution in [0, 0.1) is 6.92 Å². The van der Waals surface area contributed by atoms with Crippen molar-refractivity contribution in [2.24, 2.45) is 0 Å². The number of nitrogens with zero attached hydrogens (tertiary/aromatic N) is 5. The predicted molar refractivity (Wildman–Crippen MR) is 98.1 cm³/mol. The van der Waals surface area contributed by atoms with Gasteiger partial charge in [0.05, 0.1) is 17.4 Å². The maximum Gasteiger partial charge on any atom is 0.252 e. The number of H-pyrrole nitrogens is 1. The monoisotopic (exact) mass is 352 g/mol. The smallest absolute Gasteiger partial charge is 0.252 e. The SMILES string of the molecule is Cc1cc(=O)[nH]c(N2CCN(C(=O)Cn3cnc4ccccc43)CC2)n1. The van der Waals surface area contributed by atoms with Gasteiger partial charge in [-0.2, -0.15) is 0 Å². The van der Waals surface area contributed by atoms with Crippen molar-refractivity contribution in [1.29, 1.82) is 0 Å². The number of benzene rings is 1. The van der Waals surface area contributed by atoms with Gasteiger partial charge in [-0.05, 0) is 19.1 Å². The number of aromatic amines is 1. The third kappa shape index (κ3) is 3.17. The number of carbonyl (C=O) groups is 1. The number of fused-ring (bicyclic) bond motifs is 1. The molecule has 1 fully saturated rings. The Balaban J connectivity index is 1.41. The molecule has 1 aromatic carbocycles. The van der Waals surface area contributed by atoms with Crippen LogP contribution in [0.1, 0.15) is 5.69 Å². The van der Waals surface area contributed by atoms with Crippen molar-refractivity contribution in [2.75, 3.05) is 31.1 Å². The highest BCUT2D eigenvalue weighted by atomic mass is 16.2. The molecule has 8 heteroatoms. The number of amides is 1. The molecule has 0 spiro atoms. The zero-order chi connectivity index (χ0) is 18.1. The van der Waals surface area contributed by atoms with E-state index < -0.39 is 0 Å². The van der Waals surface area contributed by atoms with Crippen LogP contribution in [0.5, 0.6) is 0 Å². The van der Waals surface area contributed by atoms with E-state index in [-0.39, 0.29) is 18.0 Å². The Bertz CT molecular complexity index is 1000. The number of rotatable bonds is 3. The van der Waals surface area contributed by atoms with Crippen LogP contribution < -0.4 is 10.5 Å². The fraction of sp³-hybridized carbons (Fsp3) is 0.333. The Kier molecular flexibility index (Phi) is 4.16. The molecule has 0 saturated carbocycles. The maximum atomic E-state index is 12.6. The number of imidazole rings is 1. The highest BCUT2D eigenvalue weighted by molar-refractivity contribution is 5.80. The normalized spacial score (nSPS) is 14.8. The van der Waals surface area contributed by atoms with Gasteiger partial charge >= 0.3 is 0 Å². The van der Waals surface area contributed by atoms with E-state index in [0.29, 0.717) is 37.8 Å². The summed E-state index contributed by atoms with van der Waals surface area (Å²) in [5.74, 6) is 0.640. The van der Waals surface area contributed by atoms with Crippen LogP contribution in [0.25, 0.3) is 11.0 Å². The lowest BCUT2D eigenvalue weighted by Crippen LogP contribution is -2.50. The third-order valence-electron chi connectivity index (χ3n) is 4.62. The number of hydrogen-bond acceptors (Lipinski definition) is 5.